The highest BCUT2D eigenvalue weighted by Gasteiger charge is 2.28. The van der Waals surface area contributed by atoms with Crippen LogP contribution in [0.15, 0.2) is 28.1 Å². The number of nitrogen functional groups attached to an aromatic ring is 1. The molecule has 0 unspecified atom stereocenters. The minimum absolute atomic E-state index is 0.107. The fourth-order valence-corrected chi connectivity index (χ4v) is 2.56. The van der Waals surface area contributed by atoms with Gasteiger partial charge in [-0.05, 0) is 32.0 Å². The highest BCUT2D eigenvalue weighted by Crippen LogP contribution is 2.25. The van der Waals surface area contributed by atoms with Crippen molar-refractivity contribution in [3.05, 3.63) is 23.8 Å². The van der Waals surface area contributed by atoms with Gasteiger partial charge in [0, 0.05) is 11.8 Å². The molecule has 0 radical (unpaired) electrons. The zero-order valence-corrected chi connectivity index (χ0v) is 11.4. The number of anilines is 1. The van der Waals surface area contributed by atoms with E-state index in [1.54, 1.807) is 12.1 Å². The van der Waals surface area contributed by atoms with E-state index in [1.807, 2.05) is 13.8 Å². The SMILES string of the molecule is CC1(C)CN=C(c2ccc(N)c(S(C)(=O)=O)c2)O1. The van der Waals surface area contributed by atoms with Crippen LogP contribution in [0, 0.1) is 0 Å². The van der Waals surface area contributed by atoms with E-state index >= 15 is 0 Å². The highest BCUT2D eigenvalue weighted by molar-refractivity contribution is 7.90. The summed E-state index contributed by atoms with van der Waals surface area (Å²) in [4.78, 5) is 4.38. The Balaban J connectivity index is 2.44. The summed E-state index contributed by atoms with van der Waals surface area (Å²) in [5.74, 6) is 0.463. The van der Waals surface area contributed by atoms with Crippen molar-refractivity contribution in [1.29, 1.82) is 0 Å². The summed E-state index contributed by atoms with van der Waals surface area (Å²) < 4.78 is 28.8. The van der Waals surface area contributed by atoms with Crippen molar-refractivity contribution in [2.45, 2.75) is 24.3 Å². The first kappa shape index (κ1) is 12.9. The number of benzene rings is 1. The third kappa shape index (κ3) is 2.48. The fourth-order valence-electron chi connectivity index (χ4n) is 1.73. The van der Waals surface area contributed by atoms with E-state index in [4.69, 9.17) is 10.5 Å². The Morgan fingerprint density at radius 2 is 2.06 bits per heavy atom. The van der Waals surface area contributed by atoms with Gasteiger partial charge in [-0.3, -0.25) is 0 Å². The van der Waals surface area contributed by atoms with Crippen molar-refractivity contribution in [2.24, 2.45) is 4.99 Å². The molecule has 6 heteroatoms. The van der Waals surface area contributed by atoms with Crippen LogP contribution in [-0.4, -0.2) is 32.7 Å². The molecule has 1 heterocycles. The predicted molar refractivity (Wildman–Crippen MR) is 70.5 cm³/mol. The van der Waals surface area contributed by atoms with E-state index in [0.29, 0.717) is 18.0 Å². The van der Waals surface area contributed by atoms with Crippen LogP contribution >= 0.6 is 0 Å². The lowest BCUT2D eigenvalue weighted by Crippen LogP contribution is -2.24. The Morgan fingerprint density at radius 3 is 2.56 bits per heavy atom. The number of sulfone groups is 1. The maximum absolute atomic E-state index is 11.6. The number of aliphatic imine (C=N–C) groups is 1. The highest BCUT2D eigenvalue weighted by atomic mass is 32.2. The van der Waals surface area contributed by atoms with Crippen LogP contribution in [0.1, 0.15) is 19.4 Å². The van der Waals surface area contributed by atoms with Gasteiger partial charge in [0.05, 0.1) is 17.1 Å². The maximum atomic E-state index is 11.6. The lowest BCUT2D eigenvalue weighted by atomic mass is 10.1. The number of hydrogen-bond donors (Lipinski definition) is 1. The van der Waals surface area contributed by atoms with Gasteiger partial charge in [-0.2, -0.15) is 0 Å². The Morgan fingerprint density at radius 1 is 1.39 bits per heavy atom. The molecule has 0 atom stereocenters. The van der Waals surface area contributed by atoms with Crippen molar-refractivity contribution in [1.82, 2.24) is 0 Å². The molecule has 0 aliphatic carbocycles. The first-order valence-electron chi connectivity index (χ1n) is 5.52. The predicted octanol–water partition coefficient (Wildman–Crippen LogP) is 1.23. The molecule has 2 N–H and O–H groups in total. The average Bonchev–Trinajstić information content (AvgIpc) is 2.58. The second kappa shape index (κ2) is 3.98. The molecule has 1 aliphatic rings. The Bertz CT molecular complexity index is 618. The first-order chi connectivity index (χ1) is 8.19. The zero-order valence-electron chi connectivity index (χ0n) is 10.6. The summed E-state index contributed by atoms with van der Waals surface area (Å²) in [6.07, 6.45) is 1.13. The molecule has 0 spiro atoms. The lowest BCUT2D eigenvalue weighted by molar-refractivity contribution is 0.131. The Hall–Kier alpha value is -1.56. The summed E-state index contributed by atoms with van der Waals surface area (Å²) in [7, 11) is -3.35. The number of nitrogens with two attached hydrogens (primary N) is 1. The first-order valence-corrected chi connectivity index (χ1v) is 7.42. The van der Waals surface area contributed by atoms with Crippen LogP contribution in [0.2, 0.25) is 0 Å². The largest absolute Gasteiger partial charge is 0.469 e. The van der Waals surface area contributed by atoms with Crippen molar-refractivity contribution >= 4 is 21.4 Å². The second-order valence-electron chi connectivity index (χ2n) is 5.01. The molecule has 0 bridgehead atoms. The molecule has 98 valence electrons. The van der Waals surface area contributed by atoms with Gasteiger partial charge in [-0.25, -0.2) is 13.4 Å². The van der Waals surface area contributed by atoms with Gasteiger partial charge in [0.1, 0.15) is 5.60 Å². The van der Waals surface area contributed by atoms with Gasteiger partial charge in [0.2, 0.25) is 5.90 Å². The van der Waals surface area contributed by atoms with E-state index in [9.17, 15) is 8.42 Å². The normalized spacial score (nSPS) is 18.3. The van der Waals surface area contributed by atoms with E-state index < -0.39 is 9.84 Å². The maximum Gasteiger partial charge on any atom is 0.216 e. The van der Waals surface area contributed by atoms with Gasteiger partial charge in [-0.15, -0.1) is 0 Å². The van der Waals surface area contributed by atoms with Crippen molar-refractivity contribution in [3.63, 3.8) is 0 Å². The fraction of sp³-hybridized carbons (Fsp3) is 0.417. The third-order valence-corrected chi connectivity index (χ3v) is 3.79. The van der Waals surface area contributed by atoms with E-state index in [1.165, 1.54) is 6.07 Å². The average molecular weight is 268 g/mol. The Kier molecular flexibility index (Phi) is 2.85. The minimum atomic E-state index is -3.35. The van der Waals surface area contributed by atoms with Crippen molar-refractivity contribution in [3.8, 4) is 0 Å². The number of ether oxygens (including phenoxy) is 1. The van der Waals surface area contributed by atoms with E-state index in [0.717, 1.165) is 6.26 Å². The Labute approximate surface area is 107 Å². The smallest absolute Gasteiger partial charge is 0.216 e. The molecule has 0 saturated carbocycles. The topological polar surface area (TPSA) is 81.8 Å². The molecule has 5 nitrogen and oxygen atoms in total. The van der Waals surface area contributed by atoms with Gasteiger partial charge in [0.15, 0.2) is 9.84 Å². The molecule has 0 aromatic heterocycles. The summed E-state index contributed by atoms with van der Waals surface area (Å²) in [5.41, 5.74) is 6.19. The standard InChI is InChI=1S/C12H16N2O3S/c1-12(2)7-14-11(17-12)8-4-5-9(13)10(6-8)18(3,15)16/h4-6H,7,13H2,1-3H3. The van der Waals surface area contributed by atoms with Gasteiger partial charge < -0.3 is 10.5 Å². The molecule has 0 saturated heterocycles. The summed E-state index contributed by atoms with van der Waals surface area (Å²) in [6.45, 7) is 4.41. The summed E-state index contributed by atoms with van der Waals surface area (Å²) in [5, 5.41) is 0. The van der Waals surface area contributed by atoms with Crippen molar-refractivity contribution < 1.29 is 13.2 Å². The van der Waals surface area contributed by atoms with Crippen LogP contribution < -0.4 is 5.73 Å². The molecule has 0 fully saturated rings. The molecule has 1 aromatic rings. The minimum Gasteiger partial charge on any atom is -0.469 e. The number of nitrogens with zero attached hydrogens (tertiary/aromatic N) is 1. The molecule has 0 amide bonds. The number of rotatable bonds is 2. The lowest BCUT2D eigenvalue weighted by Gasteiger charge is -2.17. The zero-order chi connectivity index (χ0) is 13.6. The van der Waals surface area contributed by atoms with Crippen LogP contribution in [0.4, 0.5) is 5.69 Å². The van der Waals surface area contributed by atoms with Crippen LogP contribution in [0.5, 0.6) is 0 Å². The third-order valence-electron chi connectivity index (χ3n) is 2.64. The summed E-state index contributed by atoms with van der Waals surface area (Å²) >= 11 is 0. The molecule has 1 aliphatic heterocycles. The van der Waals surface area contributed by atoms with Gasteiger partial charge >= 0.3 is 0 Å². The van der Waals surface area contributed by atoms with Crippen LogP contribution in [-0.2, 0) is 14.6 Å². The number of hydrogen-bond acceptors (Lipinski definition) is 5. The van der Waals surface area contributed by atoms with Gasteiger partial charge in [0.25, 0.3) is 0 Å². The quantitative estimate of drug-likeness (QED) is 0.818. The second-order valence-corrected chi connectivity index (χ2v) is 6.99. The molecular formula is C12H16N2O3S. The summed E-state index contributed by atoms with van der Waals surface area (Å²) in [6, 6.07) is 4.78. The van der Waals surface area contributed by atoms with E-state index in [2.05, 4.69) is 4.99 Å². The van der Waals surface area contributed by atoms with E-state index in [-0.39, 0.29) is 16.2 Å². The van der Waals surface area contributed by atoms with Crippen molar-refractivity contribution in [2.75, 3.05) is 18.5 Å². The van der Waals surface area contributed by atoms with Crippen LogP contribution in [0.3, 0.4) is 0 Å². The molecule has 18 heavy (non-hydrogen) atoms. The molecule has 2 rings (SSSR count). The van der Waals surface area contributed by atoms with Crippen LogP contribution in [0.25, 0.3) is 0 Å². The monoisotopic (exact) mass is 268 g/mol. The molecular weight excluding hydrogens is 252 g/mol. The molecule has 1 aromatic carbocycles. The van der Waals surface area contributed by atoms with Gasteiger partial charge in [-0.1, -0.05) is 0 Å².